The van der Waals surface area contributed by atoms with Crippen LogP contribution in [0.25, 0.3) is 0 Å². The van der Waals surface area contributed by atoms with Crippen LogP contribution in [0, 0.1) is 5.92 Å². The molecule has 0 amide bonds. The fourth-order valence-corrected chi connectivity index (χ4v) is 1.64. The highest BCUT2D eigenvalue weighted by Gasteiger charge is 2.22. The summed E-state index contributed by atoms with van der Waals surface area (Å²) in [5.41, 5.74) is 0. The highest BCUT2D eigenvalue weighted by Crippen LogP contribution is 2.15. The van der Waals surface area contributed by atoms with Crippen LogP contribution in [0.4, 0.5) is 0 Å². The summed E-state index contributed by atoms with van der Waals surface area (Å²) in [5, 5.41) is 18.6. The largest absolute Gasteiger partial charge is 0.396 e. The molecular weight excluding hydrogens is 154 g/mol. The third kappa shape index (κ3) is 2.44. The predicted molar refractivity (Wildman–Crippen MR) is 47.7 cm³/mol. The summed E-state index contributed by atoms with van der Waals surface area (Å²) in [6, 6.07) is 0. The van der Waals surface area contributed by atoms with Gasteiger partial charge in [0.25, 0.3) is 0 Å². The summed E-state index contributed by atoms with van der Waals surface area (Å²) < 4.78 is 0. The van der Waals surface area contributed by atoms with Crippen LogP contribution < -0.4 is 0 Å². The van der Waals surface area contributed by atoms with Crippen molar-refractivity contribution in [2.45, 2.75) is 32.4 Å². The Morgan fingerprint density at radius 1 is 1.25 bits per heavy atom. The van der Waals surface area contributed by atoms with E-state index in [1.165, 1.54) is 19.3 Å². The molecule has 0 saturated carbocycles. The lowest BCUT2D eigenvalue weighted by Gasteiger charge is -2.33. The zero-order valence-corrected chi connectivity index (χ0v) is 7.74. The SMILES string of the molecule is CC(CO)C(O)N1CCCCC1. The number of likely N-dealkylation sites (tertiary alicyclic amines) is 1. The normalized spacial score (nSPS) is 25.2. The van der Waals surface area contributed by atoms with Crippen molar-refractivity contribution >= 4 is 0 Å². The summed E-state index contributed by atoms with van der Waals surface area (Å²) >= 11 is 0. The quantitative estimate of drug-likeness (QED) is 0.650. The van der Waals surface area contributed by atoms with Crippen LogP contribution in [0.2, 0.25) is 0 Å². The molecule has 0 aliphatic carbocycles. The molecule has 0 spiro atoms. The smallest absolute Gasteiger partial charge is 0.112 e. The first-order valence-electron chi connectivity index (χ1n) is 4.78. The predicted octanol–water partition coefficient (Wildman–Crippen LogP) is 0.419. The highest BCUT2D eigenvalue weighted by molar-refractivity contribution is 4.70. The Hall–Kier alpha value is -0.120. The number of piperidine rings is 1. The van der Waals surface area contributed by atoms with Crippen LogP contribution in [-0.2, 0) is 0 Å². The molecule has 1 rings (SSSR count). The Morgan fingerprint density at radius 3 is 2.33 bits per heavy atom. The van der Waals surface area contributed by atoms with Gasteiger partial charge in [-0.3, -0.25) is 4.90 Å². The van der Waals surface area contributed by atoms with Crippen LogP contribution in [-0.4, -0.2) is 41.0 Å². The van der Waals surface area contributed by atoms with Crippen molar-refractivity contribution in [2.24, 2.45) is 5.92 Å². The molecule has 72 valence electrons. The van der Waals surface area contributed by atoms with E-state index in [-0.39, 0.29) is 12.5 Å². The average molecular weight is 173 g/mol. The minimum atomic E-state index is -0.449. The van der Waals surface area contributed by atoms with Gasteiger partial charge in [-0.1, -0.05) is 13.3 Å². The Morgan fingerprint density at radius 2 is 1.83 bits per heavy atom. The maximum Gasteiger partial charge on any atom is 0.112 e. The second kappa shape index (κ2) is 4.80. The van der Waals surface area contributed by atoms with Gasteiger partial charge in [0.2, 0.25) is 0 Å². The molecule has 2 N–H and O–H groups in total. The van der Waals surface area contributed by atoms with E-state index in [0.717, 1.165) is 13.1 Å². The van der Waals surface area contributed by atoms with E-state index in [1.54, 1.807) is 0 Å². The number of rotatable bonds is 3. The van der Waals surface area contributed by atoms with Gasteiger partial charge in [-0.2, -0.15) is 0 Å². The van der Waals surface area contributed by atoms with Crippen molar-refractivity contribution in [3.05, 3.63) is 0 Å². The van der Waals surface area contributed by atoms with Crippen LogP contribution in [0.3, 0.4) is 0 Å². The van der Waals surface area contributed by atoms with Crippen LogP contribution in [0.1, 0.15) is 26.2 Å². The third-order valence-electron chi connectivity index (χ3n) is 2.56. The van der Waals surface area contributed by atoms with Gasteiger partial charge in [0.15, 0.2) is 0 Å². The van der Waals surface area contributed by atoms with Crippen LogP contribution in [0.15, 0.2) is 0 Å². The summed E-state index contributed by atoms with van der Waals surface area (Å²) in [6.07, 6.45) is 3.18. The topological polar surface area (TPSA) is 43.7 Å². The standard InChI is InChI=1S/C9H19NO2/c1-8(7-11)9(12)10-5-3-2-4-6-10/h8-9,11-12H,2-7H2,1H3. The van der Waals surface area contributed by atoms with Gasteiger partial charge in [0.1, 0.15) is 6.23 Å². The minimum Gasteiger partial charge on any atom is -0.396 e. The first-order valence-corrected chi connectivity index (χ1v) is 4.78. The molecule has 1 aliphatic heterocycles. The Bertz CT molecular complexity index is 124. The molecule has 0 radical (unpaired) electrons. The van der Waals surface area contributed by atoms with Gasteiger partial charge in [0.05, 0.1) is 0 Å². The molecule has 0 aromatic carbocycles. The van der Waals surface area contributed by atoms with E-state index in [9.17, 15) is 5.11 Å². The second-order valence-corrected chi connectivity index (χ2v) is 3.67. The Balaban J connectivity index is 2.33. The molecule has 2 unspecified atom stereocenters. The fourth-order valence-electron chi connectivity index (χ4n) is 1.64. The molecule has 1 aliphatic rings. The summed E-state index contributed by atoms with van der Waals surface area (Å²) in [5.74, 6) is -0.0249. The molecule has 0 bridgehead atoms. The minimum absolute atomic E-state index is 0.0249. The highest BCUT2D eigenvalue weighted by atomic mass is 16.3. The van der Waals surface area contributed by atoms with Gasteiger partial charge in [-0.25, -0.2) is 0 Å². The number of nitrogens with zero attached hydrogens (tertiary/aromatic N) is 1. The molecular formula is C9H19NO2. The molecule has 3 heteroatoms. The summed E-state index contributed by atoms with van der Waals surface area (Å²) in [6.45, 7) is 3.90. The molecule has 3 nitrogen and oxygen atoms in total. The Kier molecular flexibility index (Phi) is 3.98. The Labute approximate surface area is 74.0 Å². The maximum atomic E-state index is 9.71. The van der Waals surface area contributed by atoms with Crippen molar-refractivity contribution in [3.8, 4) is 0 Å². The maximum absolute atomic E-state index is 9.71. The van der Waals surface area contributed by atoms with Crippen molar-refractivity contribution in [1.82, 2.24) is 4.90 Å². The number of hydrogen-bond donors (Lipinski definition) is 2. The van der Waals surface area contributed by atoms with Gasteiger partial charge < -0.3 is 10.2 Å². The molecule has 1 fully saturated rings. The molecule has 0 aromatic heterocycles. The summed E-state index contributed by atoms with van der Waals surface area (Å²) in [4.78, 5) is 2.06. The second-order valence-electron chi connectivity index (χ2n) is 3.67. The van der Waals surface area contributed by atoms with Crippen LogP contribution >= 0.6 is 0 Å². The molecule has 0 aromatic rings. The van der Waals surface area contributed by atoms with Gasteiger partial charge >= 0.3 is 0 Å². The first-order chi connectivity index (χ1) is 5.75. The van der Waals surface area contributed by atoms with Gasteiger partial charge in [0, 0.05) is 25.6 Å². The van der Waals surface area contributed by atoms with E-state index in [2.05, 4.69) is 4.90 Å². The average Bonchev–Trinajstić information content (AvgIpc) is 2.17. The molecule has 1 heterocycles. The zero-order valence-electron chi connectivity index (χ0n) is 7.74. The molecule has 1 saturated heterocycles. The monoisotopic (exact) mass is 173 g/mol. The lowest BCUT2D eigenvalue weighted by molar-refractivity contribution is -0.0573. The number of aliphatic hydroxyl groups excluding tert-OH is 2. The van der Waals surface area contributed by atoms with Crippen molar-refractivity contribution < 1.29 is 10.2 Å². The van der Waals surface area contributed by atoms with Crippen molar-refractivity contribution in [2.75, 3.05) is 19.7 Å². The van der Waals surface area contributed by atoms with E-state index in [0.29, 0.717) is 0 Å². The van der Waals surface area contributed by atoms with Crippen molar-refractivity contribution in [1.29, 1.82) is 0 Å². The third-order valence-corrected chi connectivity index (χ3v) is 2.56. The van der Waals surface area contributed by atoms with Gasteiger partial charge in [-0.05, 0) is 12.8 Å². The van der Waals surface area contributed by atoms with E-state index < -0.39 is 6.23 Å². The van der Waals surface area contributed by atoms with E-state index in [1.807, 2.05) is 6.92 Å². The number of aliphatic hydroxyl groups is 2. The van der Waals surface area contributed by atoms with E-state index >= 15 is 0 Å². The lowest BCUT2D eigenvalue weighted by atomic mass is 10.1. The summed E-state index contributed by atoms with van der Waals surface area (Å²) in [7, 11) is 0. The molecule has 2 atom stereocenters. The van der Waals surface area contributed by atoms with Gasteiger partial charge in [-0.15, -0.1) is 0 Å². The van der Waals surface area contributed by atoms with Crippen LogP contribution in [0.5, 0.6) is 0 Å². The molecule has 12 heavy (non-hydrogen) atoms. The first kappa shape index (κ1) is 9.96. The number of hydrogen-bond acceptors (Lipinski definition) is 3. The van der Waals surface area contributed by atoms with Crippen molar-refractivity contribution in [3.63, 3.8) is 0 Å². The van der Waals surface area contributed by atoms with E-state index in [4.69, 9.17) is 5.11 Å². The fraction of sp³-hybridized carbons (Fsp3) is 1.00. The zero-order chi connectivity index (χ0) is 8.97. The lowest BCUT2D eigenvalue weighted by Crippen LogP contribution is -2.43.